The van der Waals surface area contributed by atoms with Crippen molar-refractivity contribution < 1.29 is 10.0 Å². The number of halogens is 1. The topological polar surface area (TPSA) is 40.5 Å². The summed E-state index contributed by atoms with van der Waals surface area (Å²) in [7, 11) is -1.56. The maximum atomic E-state index is 9.74. The molecule has 0 aromatic heterocycles. The molecule has 0 bridgehead atoms. The van der Waals surface area contributed by atoms with E-state index in [9.17, 15) is 10.0 Å². The molecule has 3 rings (SSSR count). The molecule has 0 saturated heterocycles. The molecular formula is C18H14BClO2. The van der Waals surface area contributed by atoms with Gasteiger partial charge in [-0.25, -0.2) is 0 Å². The lowest BCUT2D eigenvalue weighted by molar-refractivity contribution is 0.426. The van der Waals surface area contributed by atoms with Crippen LogP contribution in [0.2, 0.25) is 5.02 Å². The second-order valence-electron chi connectivity index (χ2n) is 5.02. The molecule has 0 heterocycles. The lowest BCUT2D eigenvalue weighted by atomic mass is 9.74. The molecule has 0 fully saturated rings. The monoisotopic (exact) mass is 308 g/mol. The summed E-state index contributed by atoms with van der Waals surface area (Å²) in [6, 6.07) is 22.8. The minimum Gasteiger partial charge on any atom is -0.423 e. The zero-order chi connectivity index (χ0) is 15.5. The van der Waals surface area contributed by atoms with E-state index >= 15 is 0 Å². The molecule has 0 radical (unpaired) electrons. The normalized spacial score (nSPS) is 10.5. The smallest absolute Gasteiger partial charge is 0.423 e. The van der Waals surface area contributed by atoms with Crippen molar-refractivity contribution in [3.63, 3.8) is 0 Å². The molecule has 0 unspecified atom stereocenters. The van der Waals surface area contributed by atoms with Crippen molar-refractivity contribution >= 4 is 24.2 Å². The fourth-order valence-electron chi connectivity index (χ4n) is 2.51. The summed E-state index contributed by atoms with van der Waals surface area (Å²) in [5.74, 6) is 0. The second kappa shape index (κ2) is 6.36. The van der Waals surface area contributed by atoms with Crippen molar-refractivity contribution in [2.45, 2.75) is 0 Å². The van der Waals surface area contributed by atoms with E-state index in [1.807, 2.05) is 60.7 Å². The van der Waals surface area contributed by atoms with Gasteiger partial charge in [0.05, 0.1) is 0 Å². The molecule has 0 saturated carbocycles. The van der Waals surface area contributed by atoms with Gasteiger partial charge in [-0.2, -0.15) is 0 Å². The molecule has 3 aromatic rings. The van der Waals surface area contributed by atoms with E-state index < -0.39 is 7.12 Å². The molecule has 0 aliphatic rings. The van der Waals surface area contributed by atoms with Gasteiger partial charge in [-0.05, 0) is 33.8 Å². The zero-order valence-electron chi connectivity index (χ0n) is 11.8. The predicted octanol–water partition coefficient (Wildman–Crippen LogP) is 3.35. The first-order chi connectivity index (χ1) is 10.7. The summed E-state index contributed by atoms with van der Waals surface area (Å²) in [5.41, 5.74) is 3.90. The Labute approximate surface area is 134 Å². The van der Waals surface area contributed by atoms with Gasteiger partial charge >= 0.3 is 7.12 Å². The molecule has 0 amide bonds. The number of hydrogen-bond donors (Lipinski definition) is 2. The van der Waals surface area contributed by atoms with E-state index in [0.717, 1.165) is 22.3 Å². The lowest BCUT2D eigenvalue weighted by Gasteiger charge is -2.13. The number of rotatable bonds is 3. The molecular weight excluding hydrogens is 294 g/mol. The largest absolute Gasteiger partial charge is 0.489 e. The van der Waals surface area contributed by atoms with Gasteiger partial charge in [-0.3, -0.25) is 0 Å². The Balaban J connectivity index is 2.15. The van der Waals surface area contributed by atoms with Gasteiger partial charge in [-0.1, -0.05) is 78.3 Å². The molecule has 2 N–H and O–H groups in total. The quantitative estimate of drug-likeness (QED) is 0.729. The maximum Gasteiger partial charge on any atom is 0.489 e. The SMILES string of the molecule is OB(O)c1cc(-c2ccccc2)ccc1-c1ccccc1Cl. The molecule has 0 aliphatic heterocycles. The van der Waals surface area contributed by atoms with Crippen molar-refractivity contribution in [2.75, 3.05) is 0 Å². The summed E-state index contributed by atoms with van der Waals surface area (Å²) in [6.45, 7) is 0. The molecule has 0 aliphatic carbocycles. The minimum atomic E-state index is -1.56. The van der Waals surface area contributed by atoms with Crippen molar-refractivity contribution in [1.29, 1.82) is 0 Å². The summed E-state index contributed by atoms with van der Waals surface area (Å²) in [5, 5.41) is 20.1. The van der Waals surface area contributed by atoms with Crippen LogP contribution in [0.4, 0.5) is 0 Å². The van der Waals surface area contributed by atoms with Crippen molar-refractivity contribution in [2.24, 2.45) is 0 Å². The second-order valence-corrected chi connectivity index (χ2v) is 5.43. The Morgan fingerprint density at radius 1 is 0.682 bits per heavy atom. The summed E-state index contributed by atoms with van der Waals surface area (Å²) in [4.78, 5) is 0. The zero-order valence-corrected chi connectivity index (χ0v) is 12.5. The van der Waals surface area contributed by atoms with Crippen LogP contribution in [0.1, 0.15) is 0 Å². The standard InChI is InChI=1S/C18H14BClO2/c20-18-9-5-4-8-16(18)15-11-10-14(12-17(15)19(21)22)13-6-2-1-3-7-13/h1-12,21-22H. The van der Waals surface area contributed by atoms with Crippen LogP contribution in [-0.4, -0.2) is 17.2 Å². The highest BCUT2D eigenvalue weighted by Crippen LogP contribution is 2.28. The highest BCUT2D eigenvalue weighted by molar-refractivity contribution is 6.60. The van der Waals surface area contributed by atoms with E-state index in [1.165, 1.54) is 0 Å². The Morgan fingerprint density at radius 3 is 2.05 bits per heavy atom. The van der Waals surface area contributed by atoms with E-state index in [0.29, 0.717) is 10.5 Å². The van der Waals surface area contributed by atoms with Crippen molar-refractivity contribution in [3.05, 3.63) is 77.8 Å². The highest BCUT2D eigenvalue weighted by atomic mass is 35.5. The van der Waals surface area contributed by atoms with Gasteiger partial charge < -0.3 is 10.0 Å². The molecule has 0 atom stereocenters. The van der Waals surface area contributed by atoms with E-state index in [2.05, 4.69) is 0 Å². The van der Waals surface area contributed by atoms with Gasteiger partial charge in [0.25, 0.3) is 0 Å². The van der Waals surface area contributed by atoms with Gasteiger partial charge in [0.1, 0.15) is 0 Å². The molecule has 3 aromatic carbocycles. The van der Waals surface area contributed by atoms with Crippen LogP contribution in [-0.2, 0) is 0 Å². The minimum absolute atomic E-state index is 0.439. The van der Waals surface area contributed by atoms with Crippen LogP contribution in [0, 0.1) is 0 Å². The van der Waals surface area contributed by atoms with E-state index in [-0.39, 0.29) is 0 Å². The third-order valence-electron chi connectivity index (χ3n) is 3.60. The van der Waals surface area contributed by atoms with Gasteiger partial charge in [0.15, 0.2) is 0 Å². The number of hydrogen-bond acceptors (Lipinski definition) is 2. The Kier molecular flexibility index (Phi) is 4.30. The predicted molar refractivity (Wildman–Crippen MR) is 92.1 cm³/mol. The Hall–Kier alpha value is -2.07. The molecule has 2 nitrogen and oxygen atoms in total. The Bertz CT molecular complexity index is 788. The first kappa shape index (κ1) is 14.9. The Morgan fingerprint density at radius 2 is 1.36 bits per heavy atom. The summed E-state index contributed by atoms with van der Waals surface area (Å²) >= 11 is 6.23. The maximum absolute atomic E-state index is 9.74. The molecule has 0 spiro atoms. The number of benzene rings is 3. The highest BCUT2D eigenvalue weighted by Gasteiger charge is 2.19. The third-order valence-corrected chi connectivity index (χ3v) is 3.93. The van der Waals surface area contributed by atoms with Gasteiger partial charge in [0.2, 0.25) is 0 Å². The van der Waals surface area contributed by atoms with Gasteiger partial charge in [0, 0.05) is 5.02 Å². The average Bonchev–Trinajstić information content (AvgIpc) is 2.55. The van der Waals surface area contributed by atoms with Crippen LogP contribution < -0.4 is 5.46 Å². The van der Waals surface area contributed by atoms with Crippen LogP contribution in [0.25, 0.3) is 22.3 Å². The molecule has 108 valence electrons. The first-order valence-electron chi connectivity index (χ1n) is 6.97. The first-order valence-corrected chi connectivity index (χ1v) is 7.35. The van der Waals surface area contributed by atoms with Crippen molar-refractivity contribution in [1.82, 2.24) is 0 Å². The third kappa shape index (κ3) is 2.92. The lowest BCUT2D eigenvalue weighted by Crippen LogP contribution is -2.31. The van der Waals surface area contributed by atoms with Gasteiger partial charge in [-0.15, -0.1) is 0 Å². The van der Waals surface area contributed by atoms with Crippen LogP contribution in [0.3, 0.4) is 0 Å². The van der Waals surface area contributed by atoms with E-state index in [1.54, 1.807) is 12.1 Å². The average molecular weight is 309 g/mol. The van der Waals surface area contributed by atoms with Crippen LogP contribution in [0.5, 0.6) is 0 Å². The summed E-state index contributed by atoms with van der Waals surface area (Å²) < 4.78 is 0. The molecule has 22 heavy (non-hydrogen) atoms. The fourth-order valence-corrected chi connectivity index (χ4v) is 2.75. The van der Waals surface area contributed by atoms with Crippen LogP contribution >= 0.6 is 11.6 Å². The molecule has 4 heteroatoms. The summed E-state index contributed by atoms with van der Waals surface area (Å²) in [6.07, 6.45) is 0. The van der Waals surface area contributed by atoms with Crippen molar-refractivity contribution in [3.8, 4) is 22.3 Å². The van der Waals surface area contributed by atoms with E-state index in [4.69, 9.17) is 11.6 Å². The fraction of sp³-hybridized carbons (Fsp3) is 0. The van der Waals surface area contributed by atoms with Crippen LogP contribution in [0.15, 0.2) is 72.8 Å².